The summed E-state index contributed by atoms with van der Waals surface area (Å²) >= 11 is 0. The van der Waals surface area contributed by atoms with Gasteiger partial charge >= 0.3 is 0 Å². The van der Waals surface area contributed by atoms with E-state index in [0.29, 0.717) is 5.75 Å². The summed E-state index contributed by atoms with van der Waals surface area (Å²) in [6.45, 7) is 4.29. The zero-order valence-electron chi connectivity index (χ0n) is 15.5. The second-order valence-electron chi connectivity index (χ2n) is 6.48. The normalized spacial score (nSPS) is 10.7. The Morgan fingerprint density at radius 3 is 2.23 bits per heavy atom. The molecule has 0 radical (unpaired) electrons. The highest BCUT2D eigenvalue weighted by atomic mass is 16.7. The molecular formula is C23H24O3. The summed E-state index contributed by atoms with van der Waals surface area (Å²) in [6.07, 6.45) is 0.808. The molecule has 0 aliphatic rings. The minimum atomic E-state index is 0.218. The van der Waals surface area contributed by atoms with E-state index in [9.17, 15) is 5.11 Å². The van der Waals surface area contributed by atoms with Gasteiger partial charge in [0.15, 0.2) is 6.79 Å². The number of phenols is 1. The van der Waals surface area contributed by atoms with E-state index in [4.69, 9.17) is 9.47 Å². The van der Waals surface area contributed by atoms with Crippen LogP contribution in [0.25, 0.3) is 11.1 Å². The lowest BCUT2D eigenvalue weighted by molar-refractivity contribution is 0.0515. The molecule has 0 amide bonds. The van der Waals surface area contributed by atoms with Crippen LogP contribution in [0.3, 0.4) is 0 Å². The molecule has 3 aromatic rings. The monoisotopic (exact) mass is 348 g/mol. The third kappa shape index (κ3) is 4.06. The van der Waals surface area contributed by atoms with Crippen molar-refractivity contribution in [1.29, 1.82) is 0 Å². The van der Waals surface area contributed by atoms with Crippen LogP contribution in [0.4, 0.5) is 0 Å². The molecule has 0 unspecified atom stereocenters. The molecule has 3 rings (SSSR count). The molecule has 26 heavy (non-hydrogen) atoms. The van der Waals surface area contributed by atoms with E-state index in [1.165, 1.54) is 11.1 Å². The topological polar surface area (TPSA) is 38.7 Å². The fourth-order valence-electron chi connectivity index (χ4n) is 3.23. The summed E-state index contributed by atoms with van der Waals surface area (Å²) in [5.74, 6) is 1.12. The Balaban J connectivity index is 1.99. The highest BCUT2D eigenvalue weighted by molar-refractivity contribution is 5.71. The number of methoxy groups -OCH3 is 1. The molecule has 134 valence electrons. The molecular weight excluding hydrogens is 324 g/mol. The van der Waals surface area contributed by atoms with Gasteiger partial charge in [-0.1, -0.05) is 36.4 Å². The number of aryl methyl sites for hydroxylation is 2. The maximum atomic E-state index is 9.77. The molecule has 0 aromatic heterocycles. The lowest BCUT2D eigenvalue weighted by Crippen LogP contribution is -2.01. The Kier molecular flexibility index (Phi) is 5.59. The molecule has 0 bridgehead atoms. The quantitative estimate of drug-likeness (QED) is 0.618. The van der Waals surface area contributed by atoms with Crippen molar-refractivity contribution >= 4 is 0 Å². The smallest absolute Gasteiger partial charge is 0.188 e. The molecule has 3 aromatic carbocycles. The lowest BCUT2D eigenvalue weighted by atomic mass is 9.93. The maximum Gasteiger partial charge on any atom is 0.188 e. The van der Waals surface area contributed by atoms with Crippen molar-refractivity contribution in [3.05, 3.63) is 82.9 Å². The zero-order valence-corrected chi connectivity index (χ0v) is 15.5. The Hall–Kier alpha value is -2.78. The van der Waals surface area contributed by atoms with Gasteiger partial charge in [-0.05, 0) is 72.4 Å². The van der Waals surface area contributed by atoms with Crippen LogP contribution in [0, 0.1) is 13.8 Å². The van der Waals surface area contributed by atoms with Crippen molar-refractivity contribution < 1.29 is 14.6 Å². The summed E-state index contributed by atoms with van der Waals surface area (Å²) in [6, 6.07) is 20.1. The van der Waals surface area contributed by atoms with E-state index in [1.54, 1.807) is 7.11 Å². The fraction of sp³-hybridized carbons (Fsp3) is 0.217. The number of hydrogen-bond donors (Lipinski definition) is 1. The van der Waals surface area contributed by atoms with Gasteiger partial charge < -0.3 is 14.6 Å². The SMILES string of the molecule is COCOc1ccc(Cc2c(C)cc(O)cc2C)cc1-c1ccccc1. The highest BCUT2D eigenvalue weighted by Gasteiger charge is 2.11. The molecule has 0 spiro atoms. The van der Waals surface area contributed by atoms with Gasteiger partial charge in [0, 0.05) is 12.7 Å². The summed E-state index contributed by atoms with van der Waals surface area (Å²) < 4.78 is 10.8. The van der Waals surface area contributed by atoms with Crippen LogP contribution in [0.5, 0.6) is 11.5 Å². The van der Waals surface area contributed by atoms with E-state index in [0.717, 1.165) is 34.4 Å². The van der Waals surface area contributed by atoms with Crippen LogP contribution in [0.1, 0.15) is 22.3 Å². The van der Waals surface area contributed by atoms with Crippen molar-refractivity contribution in [2.24, 2.45) is 0 Å². The summed E-state index contributed by atoms with van der Waals surface area (Å²) in [4.78, 5) is 0. The van der Waals surface area contributed by atoms with Gasteiger partial charge in [0.2, 0.25) is 0 Å². The summed E-state index contributed by atoms with van der Waals surface area (Å²) in [5, 5.41) is 9.77. The molecule has 3 nitrogen and oxygen atoms in total. The first-order valence-corrected chi connectivity index (χ1v) is 8.67. The maximum absolute atomic E-state index is 9.77. The van der Waals surface area contributed by atoms with Gasteiger partial charge in [0.1, 0.15) is 11.5 Å². The minimum absolute atomic E-state index is 0.218. The van der Waals surface area contributed by atoms with Gasteiger partial charge in [-0.3, -0.25) is 0 Å². The molecule has 0 atom stereocenters. The molecule has 3 heteroatoms. The second kappa shape index (κ2) is 8.07. The molecule has 1 N–H and O–H groups in total. The highest BCUT2D eigenvalue weighted by Crippen LogP contribution is 2.32. The number of benzene rings is 3. The van der Waals surface area contributed by atoms with Gasteiger partial charge in [0.25, 0.3) is 0 Å². The van der Waals surface area contributed by atoms with Crippen LogP contribution < -0.4 is 4.74 Å². The molecule has 0 saturated carbocycles. The first-order chi connectivity index (χ1) is 12.6. The standard InChI is InChI=1S/C23H24O3/c1-16-11-20(24)12-17(2)21(16)13-18-9-10-23(26-15-25-3)22(14-18)19-7-5-4-6-8-19/h4-12,14,24H,13,15H2,1-3H3. The Labute approximate surface area is 154 Å². The van der Waals surface area contributed by atoms with Crippen molar-refractivity contribution in [3.63, 3.8) is 0 Å². The first-order valence-electron chi connectivity index (χ1n) is 8.67. The van der Waals surface area contributed by atoms with Crippen molar-refractivity contribution in [3.8, 4) is 22.6 Å². The van der Waals surface area contributed by atoms with Crippen molar-refractivity contribution in [1.82, 2.24) is 0 Å². The van der Waals surface area contributed by atoms with Gasteiger partial charge in [-0.2, -0.15) is 0 Å². The predicted molar refractivity (Wildman–Crippen MR) is 105 cm³/mol. The van der Waals surface area contributed by atoms with Crippen LogP contribution in [0.2, 0.25) is 0 Å². The van der Waals surface area contributed by atoms with Gasteiger partial charge in [0.05, 0.1) is 0 Å². The average molecular weight is 348 g/mol. The second-order valence-corrected chi connectivity index (χ2v) is 6.48. The van der Waals surface area contributed by atoms with Crippen LogP contribution >= 0.6 is 0 Å². The third-order valence-electron chi connectivity index (χ3n) is 4.52. The van der Waals surface area contributed by atoms with E-state index in [1.807, 2.05) is 50.2 Å². The van der Waals surface area contributed by atoms with Crippen molar-refractivity contribution in [2.75, 3.05) is 13.9 Å². The number of aromatic hydroxyl groups is 1. The summed E-state index contributed by atoms with van der Waals surface area (Å²) in [7, 11) is 1.62. The molecule has 0 saturated heterocycles. The molecule has 0 fully saturated rings. The van der Waals surface area contributed by atoms with E-state index >= 15 is 0 Å². The number of rotatable bonds is 6. The third-order valence-corrected chi connectivity index (χ3v) is 4.52. The van der Waals surface area contributed by atoms with E-state index in [2.05, 4.69) is 24.3 Å². The van der Waals surface area contributed by atoms with E-state index in [-0.39, 0.29) is 6.79 Å². The van der Waals surface area contributed by atoms with Gasteiger partial charge in [-0.15, -0.1) is 0 Å². The van der Waals surface area contributed by atoms with Crippen molar-refractivity contribution in [2.45, 2.75) is 20.3 Å². The fourth-order valence-corrected chi connectivity index (χ4v) is 3.23. The van der Waals surface area contributed by atoms with Gasteiger partial charge in [-0.25, -0.2) is 0 Å². The Morgan fingerprint density at radius 2 is 1.58 bits per heavy atom. The average Bonchev–Trinajstić information content (AvgIpc) is 2.64. The minimum Gasteiger partial charge on any atom is -0.508 e. The zero-order chi connectivity index (χ0) is 18.5. The number of phenolic OH excluding ortho intramolecular Hbond substituents is 1. The van der Waals surface area contributed by atoms with Crippen LogP contribution in [0.15, 0.2) is 60.7 Å². The Morgan fingerprint density at radius 1 is 0.885 bits per heavy atom. The van der Waals surface area contributed by atoms with Crippen LogP contribution in [-0.2, 0) is 11.2 Å². The van der Waals surface area contributed by atoms with Crippen LogP contribution in [-0.4, -0.2) is 19.0 Å². The number of ether oxygens (including phenoxy) is 2. The lowest BCUT2D eigenvalue weighted by Gasteiger charge is -2.15. The first kappa shape index (κ1) is 18.0. The predicted octanol–water partition coefficient (Wildman–Crippen LogP) is 5.25. The largest absolute Gasteiger partial charge is 0.508 e. The Bertz CT molecular complexity index is 862. The number of hydrogen-bond acceptors (Lipinski definition) is 3. The molecule has 0 aliphatic carbocycles. The van der Waals surface area contributed by atoms with E-state index < -0.39 is 0 Å². The molecule has 0 aliphatic heterocycles. The molecule has 0 heterocycles. The summed E-state index contributed by atoms with van der Waals surface area (Å²) in [5.41, 5.74) is 6.80.